The molecule has 1 rings (SSSR count). The predicted octanol–water partition coefficient (Wildman–Crippen LogP) is 0.465. The van der Waals surface area contributed by atoms with Gasteiger partial charge in [0.05, 0.1) is 7.11 Å². The Morgan fingerprint density at radius 1 is 1.60 bits per heavy atom. The molecule has 2 N–H and O–H groups in total. The van der Waals surface area contributed by atoms with E-state index in [1.54, 1.807) is 0 Å². The summed E-state index contributed by atoms with van der Waals surface area (Å²) < 4.78 is 4.75. The van der Waals surface area contributed by atoms with Crippen molar-refractivity contribution in [3.8, 4) is 0 Å². The van der Waals surface area contributed by atoms with Crippen LogP contribution in [0.5, 0.6) is 0 Å². The second-order valence-electron chi connectivity index (χ2n) is 4.56. The third-order valence-corrected chi connectivity index (χ3v) is 3.34. The number of hydrogen-bond donors (Lipinski definition) is 1. The van der Waals surface area contributed by atoms with E-state index in [4.69, 9.17) is 10.5 Å². The van der Waals surface area contributed by atoms with Gasteiger partial charge in [-0.2, -0.15) is 0 Å². The molecule has 4 heteroatoms. The Labute approximate surface area is 91.8 Å². The summed E-state index contributed by atoms with van der Waals surface area (Å²) in [7, 11) is 1.42. The molecule has 0 spiro atoms. The van der Waals surface area contributed by atoms with Crippen molar-refractivity contribution in [3.63, 3.8) is 0 Å². The van der Waals surface area contributed by atoms with E-state index < -0.39 is 0 Å². The van der Waals surface area contributed by atoms with E-state index >= 15 is 0 Å². The number of likely N-dealkylation sites (tertiary alicyclic amines) is 1. The largest absolute Gasteiger partial charge is 0.468 e. The predicted molar refractivity (Wildman–Crippen MR) is 59.4 cm³/mol. The molecule has 0 amide bonds. The maximum Gasteiger partial charge on any atom is 0.324 e. The molecular formula is C11H22N2O2. The quantitative estimate of drug-likeness (QED) is 0.691. The molecule has 88 valence electrons. The number of nitrogens with two attached hydrogens (primary N) is 1. The highest BCUT2D eigenvalue weighted by Crippen LogP contribution is 2.25. The molecule has 1 fully saturated rings. The maximum absolute atomic E-state index is 11.5. The lowest BCUT2D eigenvalue weighted by Crippen LogP contribution is -2.45. The van der Waals surface area contributed by atoms with Crippen molar-refractivity contribution in [2.24, 2.45) is 17.6 Å². The molecule has 1 aliphatic rings. The van der Waals surface area contributed by atoms with Gasteiger partial charge in [0.25, 0.3) is 0 Å². The SMILES string of the molecule is COC(=O)C(CN)N1CCC(C(C)C)C1. The van der Waals surface area contributed by atoms with Crippen LogP contribution in [-0.2, 0) is 9.53 Å². The summed E-state index contributed by atoms with van der Waals surface area (Å²) in [5, 5.41) is 0. The Balaban J connectivity index is 2.54. The van der Waals surface area contributed by atoms with Crippen molar-refractivity contribution < 1.29 is 9.53 Å². The Morgan fingerprint density at radius 2 is 2.27 bits per heavy atom. The van der Waals surface area contributed by atoms with E-state index in [0.29, 0.717) is 18.4 Å². The number of methoxy groups -OCH3 is 1. The summed E-state index contributed by atoms with van der Waals surface area (Å²) in [6.45, 7) is 6.72. The molecule has 0 radical (unpaired) electrons. The number of ether oxygens (including phenoxy) is 1. The first kappa shape index (κ1) is 12.5. The monoisotopic (exact) mass is 214 g/mol. The molecule has 2 atom stereocenters. The van der Waals surface area contributed by atoms with E-state index in [1.165, 1.54) is 7.11 Å². The van der Waals surface area contributed by atoms with Crippen LogP contribution in [0, 0.1) is 11.8 Å². The lowest BCUT2D eigenvalue weighted by atomic mass is 9.95. The lowest BCUT2D eigenvalue weighted by molar-refractivity contribution is -0.146. The van der Waals surface area contributed by atoms with Crippen molar-refractivity contribution in [1.82, 2.24) is 4.90 Å². The standard InChI is InChI=1S/C11H22N2O2/c1-8(2)9-4-5-13(7-9)10(6-12)11(14)15-3/h8-10H,4-7,12H2,1-3H3. The number of carbonyl (C=O) groups excluding carboxylic acids is 1. The van der Waals surface area contributed by atoms with Crippen LogP contribution in [0.3, 0.4) is 0 Å². The molecule has 0 aromatic rings. The first-order chi connectivity index (χ1) is 7.10. The van der Waals surface area contributed by atoms with E-state index in [2.05, 4.69) is 18.7 Å². The van der Waals surface area contributed by atoms with Gasteiger partial charge in [-0.3, -0.25) is 9.69 Å². The fraction of sp³-hybridized carbons (Fsp3) is 0.909. The highest BCUT2D eigenvalue weighted by atomic mass is 16.5. The van der Waals surface area contributed by atoms with Crippen molar-refractivity contribution in [2.45, 2.75) is 26.3 Å². The third kappa shape index (κ3) is 2.92. The average molecular weight is 214 g/mol. The molecule has 15 heavy (non-hydrogen) atoms. The van der Waals surface area contributed by atoms with Crippen LogP contribution < -0.4 is 5.73 Å². The molecular weight excluding hydrogens is 192 g/mol. The molecule has 0 bridgehead atoms. The zero-order valence-corrected chi connectivity index (χ0v) is 9.90. The van der Waals surface area contributed by atoms with Gasteiger partial charge < -0.3 is 10.5 Å². The summed E-state index contributed by atoms with van der Waals surface area (Å²) in [6.07, 6.45) is 1.16. The Bertz CT molecular complexity index is 219. The van der Waals surface area contributed by atoms with Crippen LogP contribution in [0.15, 0.2) is 0 Å². The first-order valence-electron chi connectivity index (χ1n) is 5.62. The Kier molecular flexibility index (Phi) is 4.54. The van der Waals surface area contributed by atoms with Crippen LogP contribution in [0.4, 0.5) is 0 Å². The summed E-state index contributed by atoms with van der Waals surface area (Å²) in [5.74, 6) is 1.15. The lowest BCUT2D eigenvalue weighted by Gasteiger charge is -2.24. The number of nitrogens with zero attached hydrogens (tertiary/aromatic N) is 1. The summed E-state index contributed by atoms with van der Waals surface area (Å²) in [6, 6.07) is -0.251. The van der Waals surface area contributed by atoms with E-state index in [-0.39, 0.29) is 12.0 Å². The van der Waals surface area contributed by atoms with Gasteiger partial charge in [-0.25, -0.2) is 0 Å². The molecule has 4 nitrogen and oxygen atoms in total. The second kappa shape index (κ2) is 5.47. The number of esters is 1. The smallest absolute Gasteiger partial charge is 0.324 e. The van der Waals surface area contributed by atoms with Gasteiger partial charge >= 0.3 is 5.97 Å². The first-order valence-corrected chi connectivity index (χ1v) is 5.62. The molecule has 0 aromatic carbocycles. The van der Waals surface area contributed by atoms with Gasteiger partial charge in [-0.15, -0.1) is 0 Å². The summed E-state index contributed by atoms with van der Waals surface area (Å²) >= 11 is 0. The van der Waals surface area contributed by atoms with Gasteiger partial charge in [0.1, 0.15) is 6.04 Å². The fourth-order valence-corrected chi connectivity index (χ4v) is 2.17. The summed E-state index contributed by atoms with van der Waals surface area (Å²) in [4.78, 5) is 13.6. The highest BCUT2D eigenvalue weighted by molar-refractivity contribution is 5.76. The van der Waals surface area contributed by atoms with E-state index in [1.807, 2.05) is 0 Å². The van der Waals surface area contributed by atoms with Crippen molar-refractivity contribution >= 4 is 5.97 Å². The molecule has 2 unspecified atom stereocenters. The minimum atomic E-state index is -0.251. The van der Waals surface area contributed by atoms with Gasteiger partial charge in [0.2, 0.25) is 0 Å². The van der Waals surface area contributed by atoms with Crippen molar-refractivity contribution in [3.05, 3.63) is 0 Å². The summed E-state index contributed by atoms with van der Waals surface area (Å²) in [5.41, 5.74) is 5.61. The Hall–Kier alpha value is -0.610. The van der Waals surface area contributed by atoms with Crippen molar-refractivity contribution in [1.29, 1.82) is 0 Å². The molecule has 0 saturated carbocycles. The van der Waals surface area contributed by atoms with Gasteiger partial charge in [0, 0.05) is 13.1 Å². The van der Waals surface area contributed by atoms with Gasteiger partial charge in [-0.05, 0) is 24.8 Å². The number of rotatable bonds is 4. The van der Waals surface area contributed by atoms with Crippen LogP contribution in [0.2, 0.25) is 0 Å². The topological polar surface area (TPSA) is 55.6 Å². The van der Waals surface area contributed by atoms with Crippen LogP contribution >= 0.6 is 0 Å². The van der Waals surface area contributed by atoms with E-state index in [0.717, 1.165) is 19.5 Å². The van der Waals surface area contributed by atoms with Crippen LogP contribution in [0.1, 0.15) is 20.3 Å². The number of carbonyl (C=O) groups is 1. The minimum Gasteiger partial charge on any atom is -0.468 e. The molecule has 1 heterocycles. The van der Waals surface area contributed by atoms with Crippen LogP contribution in [-0.4, -0.2) is 43.7 Å². The highest BCUT2D eigenvalue weighted by Gasteiger charge is 2.33. The molecule has 0 aliphatic carbocycles. The zero-order chi connectivity index (χ0) is 11.4. The van der Waals surface area contributed by atoms with Crippen LogP contribution in [0.25, 0.3) is 0 Å². The van der Waals surface area contributed by atoms with Gasteiger partial charge in [0.15, 0.2) is 0 Å². The molecule has 1 saturated heterocycles. The zero-order valence-electron chi connectivity index (χ0n) is 9.90. The normalized spacial score (nSPS) is 24.5. The average Bonchev–Trinajstić information content (AvgIpc) is 2.68. The Morgan fingerprint density at radius 3 is 2.67 bits per heavy atom. The van der Waals surface area contributed by atoms with Crippen molar-refractivity contribution in [2.75, 3.05) is 26.7 Å². The minimum absolute atomic E-state index is 0.207. The molecule has 1 aliphatic heterocycles. The third-order valence-electron chi connectivity index (χ3n) is 3.34. The number of hydrogen-bond acceptors (Lipinski definition) is 4. The van der Waals surface area contributed by atoms with Gasteiger partial charge in [-0.1, -0.05) is 13.8 Å². The van der Waals surface area contributed by atoms with E-state index in [9.17, 15) is 4.79 Å². The molecule has 0 aromatic heterocycles. The fourth-order valence-electron chi connectivity index (χ4n) is 2.17. The second-order valence-corrected chi connectivity index (χ2v) is 4.56. The maximum atomic E-state index is 11.5.